The Balaban J connectivity index is 1.52. The zero-order valence-electron chi connectivity index (χ0n) is 13.4. The highest BCUT2D eigenvalue weighted by molar-refractivity contribution is 6.30. The molecule has 0 radical (unpaired) electrons. The molecule has 3 rings (SSSR count). The molecule has 1 amide bonds. The van der Waals surface area contributed by atoms with Crippen LogP contribution in [-0.4, -0.2) is 22.6 Å². The van der Waals surface area contributed by atoms with E-state index in [-0.39, 0.29) is 11.6 Å². The number of anilines is 2. The Bertz CT molecular complexity index is 838. The smallest absolute Gasteiger partial charge is 0.271 e. The van der Waals surface area contributed by atoms with E-state index >= 15 is 0 Å². The molecule has 3 aromatic rings. The average Bonchev–Trinajstić information content (AvgIpc) is 2.63. The standard InChI is InChI=1S/C19H17ClN4O/c20-15-6-4-5-14(13-15)11-12-21-19(25)17-9-10-18(24-23-17)22-16-7-2-1-3-8-16/h1-10,13H,11-12H2,(H,21,25)(H,22,24). The molecule has 0 atom stereocenters. The van der Waals surface area contributed by atoms with Crippen molar-refractivity contribution in [3.8, 4) is 0 Å². The molecule has 1 heterocycles. The van der Waals surface area contributed by atoms with Gasteiger partial charge in [0.15, 0.2) is 11.5 Å². The Kier molecular flexibility index (Phi) is 5.59. The van der Waals surface area contributed by atoms with Crippen LogP contribution < -0.4 is 10.6 Å². The van der Waals surface area contributed by atoms with Crippen LogP contribution in [0.3, 0.4) is 0 Å². The summed E-state index contributed by atoms with van der Waals surface area (Å²) < 4.78 is 0. The van der Waals surface area contributed by atoms with Crippen LogP contribution in [0.1, 0.15) is 16.1 Å². The summed E-state index contributed by atoms with van der Waals surface area (Å²) in [6.45, 7) is 0.505. The molecule has 0 aliphatic heterocycles. The normalized spacial score (nSPS) is 10.3. The van der Waals surface area contributed by atoms with E-state index in [1.807, 2.05) is 54.6 Å². The van der Waals surface area contributed by atoms with Crippen LogP contribution in [0.4, 0.5) is 11.5 Å². The Morgan fingerprint density at radius 1 is 0.960 bits per heavy atom. The van der Waals surface area contributed by atoms with Crippen LogP contribution in [0.2, 0.25) is 5.02 Å². The van der Waals surface area contributed by atoms with Crippen LogP contribution in [-0.2, 0) is 6.42 Å². The minimum absolute atomic E-state index is 0.249. The molecule has 2 N–H and O–H groups in total. The fourth-order valence-corrected chi connectivity index (χ4v) is 2.51. The lowest BCUT2D eigenvalue weighted by Gasteiger charge is -2.07. The molecule has 0 aliphatic rings. The first-order valence-electron chi connectivity index (χ1n) is 7.89. The molecule has 0 saturated carbocycles. The van der Waals surface area contributed by atoms with Crippen molar-refractivity contribution in [2.45, 2.75) is 6.42 Å². The van der Waals surface area contributed by atoms with Gasteiger partial charge in [0.05, 0.1) is 0 Å². The summed E-state index contributed by atoms with van der Waals surface area (Å²) in [5.41, 5.74) is 2.27. The highest BCUT2D eigenvalue weighted by Crippen LogP contribution is 2.13. The van der Waals surface area contributed by atoms with Crippen molar-refractivity contribution in [1.82, 2.24) is 15.5 Å². The number of hydrogen-bond acceptors (Lipinski definition) is 4. The van der Waals surface area contributed by atoms with Crippen LogP contribution in [0, 0.1) is 0 Å². The predicted octanol–water partition coefficient (Wildman–Crippen LogP) is 3.85. The summed E-state index contributed by atoms with van der Waals surface area (Å²) in [5, 5.41) is 14.6. The summed E-state index contributed by atoms with van der Waals surface area (Å²) in [6, 6.07) is 20.6. The zero-order chi connectivity index (χ0) is 17.5. The van der Waals surface area contributed by atoms with E-state index in [0.29, 0.717) is 23.8 Å². The van der Waals surface area contributed by atoms with Gasteiger partial charge in [-0.1, -0.05) is 41.9 Å². The van der Waals surface area contributed by atoms with E-state index in [9.17, 15) is 4.79 Å². The van der Waals surface area contributed by atoms with Crippen molar-refractivity contribution in [2.75, 3.05) is 11.9 Å². The summed E-state index contributed by atoms with van der Waals surface area (Å²) >= 11 is 5.94. The van der Waals surface area contributed by atoms with Crippen molar-refractivity contribution in [2.24, 2.45) is 0 Å². The topological polar surface area (TPSA) is 66.9 Å². The van der Waals surface area contributed by atoms with E-state index in [1.54, 1.807) is 12.1 Å². The highest BCUT2D eigenvalue weighted by atomic mass is 35.5. The second kappa shape index (κ2) is 8.26. The zero-order valence-corrected chi connectivity index (χ0v) is 14.2. The molecular weight excluding hydrogens is 336 g/mol. The predicted molar refractivity (Wildman–Crippen MR) is 99.2 cm³/mol. The fraction of sp³-hybridized carbons (Fsp3) is 0.105. The van der Waals surface area contributed by atoms with Gasteiger partial charge in [-0.25, -0.2) is 0 Å². The Morgan fingerprint density at radius 2 is 1.80 bits per heavy atom. The van der Waals surface area contributed by atoms with Gasteiger partial charge in [-0.05, 0) is 48.4 Å². The van der Waals surface area contributed by atoms with Crippen LogP contribution >= 0.6 is 11.6 Å². The number of amides is 1. The Morgan fingerprint density at radius 3 is 2.52 bits per heavy atom. The van der Waals surface area contributed by atoms with Crippen molar-refractivity contribution >= 4 is 29.0 Å². The van der Waals surface area contributed by atoms with Crippen LogP contribution in [0.15, 0.2) is 66.7 Å². The molecular formula is C19H17ClN4O. The number of hydrogen-bond donors (Lipinski definition) is 2. The van der Waals surface area contributed by atoms with Gasteiger partial charge in [0.1, 0.15) is 0 Å². The highest BCUT2D eigenvalue weighted by Gasteiger charge is 2.08. The molecule has 5 nitrogen and oxygen atoms in total. The molecule has 1 aromatic heterocycles. The first kappa shape index (κ1) is 16.9. The maximum absolute atomic E-state index is 12.1. The first-order valence-corrected chi connectivity index (χ1v) is 8.27. The number of carbonyl (C=O) groups excluding carboxylic acids is 1. The van der Waals surface area contributed by atoms with E-state index < -0.39 is 0 Å². The number of halogens is 1. The van der Waals surface area contributed by atoms with Gasteiger partial charge in [-0.2, -0.15) is 0 Å². The van der Waals surface area contributed by atoms with E-state index in [2.05, 4.69) is 20.8 Å². The summed E-state index contributed by atoms with van der Waals surface area (Å²) in [6.07, 6.45) is 0.702. The van der Waals surface area contributed by atoms with Gasteiger partial charge in [-0.3, -0.25) is 4.79 Å². The number of aromatic nitrogens is 2. The summed E-state index contributed by atoms with van der Waals surface area (Å²) in [7, 11) is 0. The second-order valence-electron chi connectivity index (χ2n) is 5.43. The summed E-state index contributed by atoms with van der Waals surface area (Å²) in [4.78, 5) is 12.1. The summed E-state index contributed by atoms with van der Waals surface area (Å²) in [5.74, 6) is 0.336. The quantitative estimate of drug-likeness (QED) is 0.707. The lowest BCUT2D eigenvalue weighted by atomic mass is 10.1. The number of nitrogens with one attached hydrogen (secondary N) is 2. The van der Waals surface area contributed by atoms with Crippen LogP contribution in [0.25, 0.3) is 0 Å². The maximum Gasteiger partial charge on any atom is 0.271 e. The van der Waals surface area contributed by atoms with Gasteiger partial charge < -0.3 is 10.6 Å². The monoisotopic (exact) mass is 352 g/mol. The molecule has 0 aliphatic carbocycles. The van der Waals surface area contributed by atoms with Crippen molar-refractivity contribution in [3.63, 3.8) is 0 Å². The molecule has 0 saturated heterocycles. The molecule has 0 spiro atoms. The number of carbonyl (C=O) groups is 1. The van der Waals surface area contributed by atoms with E-state index in [0.717, 1.165) is 11.3 Å². The molecule has 2 aromatic carbocycles. The Labute approximate surface area is 151 Å². The molecule has 6 heteroatoms. The van der Waals surface area contributed by atoms with E-state index in [4.69, 9.17) is 11.6 Å². The Hall–Kier alpha value is -2.92. The van der Waals surface area contributed by atoms with Gasteiger partial charge in [0.25, 0.3) is 5.91 Å². The number of rotatable bonds is 6. The number of benzene rings is 2. The van der Waals surface area contributed by atoms with Gasteiger partial charge in [0.2, 0.25) is 0 Å². The average molecular weight is 353 g/mol. The lowest BCUT2D eigenvalue weighted by molar-refractivity contribution is 0.0948. The van der Waals surface area contributed by atoms with Gasteiger partial charge in [-0.15, -0.1) is 10.2 Å². The molecule has 0 fully saturated rings. The third kappa shape index (κ3) is 5.02. The van der Waals surface area contributed by atoms with Gasteiger partial charge >= 0.3 is 0 Å². The largest absolute Gasteiger partial charge is 0.350 e. The molecule has 126 valence electrons. The third-order valence-electron chi connectivity index (χ3n) is 3.53. The van der Waals surface area contributed by atoms with Gasteiger partial charge in [0, 0.05) is 17.3 Å². The molecule has 25 heavy (non-hydrogen) atoms. The lowest BCUT2D eigenvalue weighted by Crippen LogP contribution is -2.26. The maximum atomic E-state index is 12.1. The molecule has 0 bridgehead atoms. The molecule has 0 unspecified atom stereocenters. The van der Waals surface area contributed by atoms with Crippen molar-refractivity contribution in [1.29, 1.82) is 0 Å². The SMILES string of the molecule is O=C(NCCc1cccc(Cl)c1)c1ccc(Nc2ccccc2)nn1. The minimum atomic E-state index is -0.249. The number of para-hydroxylation sites is 1. The van der Waals surface area contributed by atoms with Crippen molar-refractivity contribution < 1.29 is 4.79 Å². The van der Waals surface area contributed by atoms with Crippen molar-refractivity contribution in [3.05, 3.63) is 83.0 Å². The first-order chi connectivity index (χ1) is 12.2. The van der Waals surface area contributed by atoms with E-state index in [1.165, 1.54) is 0 Å². The number of nitrogens with zero attached hydrogens (tertiary/aromatic N) is 2. The minimum Gasteiger partial charge on any atom is -0.350 e. The fourth-order valence-electron chi connectivity index (χ4n) is 2.29. The third-order valence-corrected chi connectivity index (χ3v) is 3.77. The second-order valence-corrected chi connectivity index (χ2v) is 5.87. The van der Waals surface area contributed by atoms with Crippen LogP contribution in [0.5, 0.6) is 0 Å².